The normalized spacial score (nSPS) is 26.8. The molecule has 0 aromatic rings. The van der Waals surface area contributed by atoms with E-state index >= 15 is 0 Å². The zero-order chi connectivity index (χ0) is 12.0. The first-order chi connectivity index (χ1) is 7.66. The summed E-state index contributed by atoms with van der Waals surface area (Å²) in [5.41, 5.74) is 0. The summed E-state index contributed by atoms with van der Waals surface area (Å²) < 4.78 is 8.70. The monoisotopic (exact) mass is 244 g/mol. The lowest BCUT2D eigenvalue weighted by Crippen LogP contribution is -2.51. The molecule has 1 saturated heterocycles. The molecule has 1 aliphatic rings. The summed E-state index contributed by atoms with van der Waals surface area (Å²) in [6.07, 6.45) is 1.33. The molecule has 3 nitrogen and oxygen atoms in total. The molecule has 0 aromatic carbocycles. The van der Waals surface area contributed by atoms with Gasteiger partial charge in [0.05, 0.1) is 0 Å². The number of hydrogen-bond acceptors (Lipinski definition) is 3. The predicted octanol–water partition coefficient (Wildman–Crippen LogP) is 2.14. The maximum absolute atomic E-state index is 6.05. The van der Waals surface area contributed by atoms with Crippen LogP contribution < -0.4 is 0 Å². The van der Waals surface area contributed by atoms with E-state index in [9.17, 15) is 0 Å². The molecule has 0 aliphatic carbocycles. The number of hydrogen-bond donors (Lipinski definition) is 0. The van der Waals surface area contributed by atoms with Gasteiger partial charge in [-0.2, -0.15) is 0 Å². The molecule has 0 spiro atoms. The number of rotatable bonds is 7. The van der Waals surface area contributed by atoms with Crippen molar-refractivity contribution < 1.29 is 4.43 Å². The van der Waals surface area contributed by atoms with Crippen LogP contribution in [0.1, 0.15) is 27.2 Å². The Hall–Kier alpha value is 0.0969. The van der Waals surface area contributed by atoms with Crippen LogP contribution in [0.25, 0.3) is 0 Å². The van der Waals surface area contributed by atoms with Gasteiger partial charge in [-0.15, -0.1) is 0 Å². The lowest BCUT2D eigenvalue weighted by molar-refractivity contribution is 0.236. The third-order valence-corrected chi connectivity index (χ3v) is 7.75. The minimum absolute atomic E-state index is 0.879. The Labute approximate surface area is 102 Å². The van der Waals surface area contributed by atoms with Crippen molar-refractivity contribution >= 4 is 8.48 Å². The second-order valence-corrected chi connectivity index (χ2v) is 8.50. The van der Waals surface area contributed by atoms with Crippen LogP contribution in [0.3, 0.4) is 0 Å². The highest BCUT2D eigenvalue weighted by Gasteiger charge is 2.40. The van der Waals surface area contributed by atoms with Crippen LogP contribution in [0.15, 0.2) is 0 Å². The highest BCUT2D eigenvalue weighted by atomic mass is 28.4. The molecule has 4 heteroatoms. The zero-order valence-electron chi connectivity index (χ0n) is 11.5. The van der Waals surface area contributed by atoms with Gasteiger partial charge in [0.25, 0.3) is 8.48 Å². The second kappa shape index (κ2) is 6.74. The standard InChI is InChI=1S/C12H28N2OSi/c1-5-13(6-2)10-11-14-9-8-12-16(14,4)15-7-3/h5-12H2,1-4H3. The van der Waals surface area contributed by atoms with Crippen LogP contribution in [-0.2, 0) is 4.43 Å². The number of likely N-dealkylation sites (N-methyl/N-ethyl adjacent to an activating group) is 1. The van der Waals surface area contributed by atoms with Gasteiger partial charge in [-0.25, -0.2) is 0 Å². The lowest BCUT2D eigenvalue weighted by atomic mass is 10.4. The summed E-state index contributed by atoms with van der Waals surface area (Å²) in [6, 6.07) is 1.32. The fourth-order valence-corrected chi connectivity index (χ4v) is 5.90. The summed E-state index contributed by atoms with van der Waals surface area (Å²) in [5, 5.41) is 0. The predicted molar refractivity (Wildman–Crippen MR) is 72.0 cm³/mol. The van der Waals surface area contributed by atoms with Crippen molar-refractivity contribution in [3.05, 3.63) is 0 Å². The average Bonchev–Trinajstić information content (AvgIpc) is 2.62. The molecule has 0 radical (unpaired) electrons. The van der Waals surface area contributed by atoms with Gasteiger partial charge in [-0.05, 0) is 45.6 Å². The van der Waals surface area contributed by atoms with Crippen LogP contribution in [0.5, 0.6) is 0 Å². The first-order valence-electron chi connectivity index (χ1n) is 6.77. The molecule has 0 aromatic heterocycles. The van der Waals surface area contributed by atoms with Crippen molar-refractivity contribution in [2.24, 2.45) is 0 Å². The maximum Gasteiger partial charge on any atom is 0.268 e. The molecule has 0 amide bonds. The summed E-state index contributed by atoms with van der Waals surface area (Å²) in [5.74, 6) is 0. The minimum atomic E-state index is -1.50. The minimum Gasteiger partial charge on any atom is -0.403 e. The van der Waals surface area contributed by atoms with Crippen molar-refractivity contribution in [2.75, 3.05) is 39.3 Å². The molecule has 1 unspecified atom stereocenters. The van der Waals surface area contributed by atoms with E-state index < -0.39 is 8.48 Å². The Kier molecular flexibility index (Phi) is 5.96. The van der Waals surface area contributed by atoms with E-state index in [1.165, 1.54) is 32.1 Å². The zero-order valence-corrected chi connectivity index (χ0v) is 12.5. The van der Waals surface area contributed by atoms with Gasteiger partial charge in [-0.3, -0.25) is 0 Å². The van der Waals surface area contributed by atoms with Crippen LogP contribution in [0, 0.1) is 0 Å². The molecule has 1 fully saturated rings. The smallest absolute Gasteiger partial charge is 0.268 e. The first kappa shape index (κ1) is 14.2. The van der Waals surface area contributed by atoms with Gasteiger partial charge in [0.2, 0.25) is 0 Å². The van der Waals surface area contributed by atoms with Gasteiger partial charge in [0, 0.05) is 19.7 Å². The van der Waals surface area contributed by atoms with E-state index in [2.05, 4.69) is 36.8 Å². The van der Waals surface area contributed by atoms with Crippen molar-refractivity contribution in [1.82, 2.24) is 9.47 Å². The maximum atomic E-state index is 6.05. The quantitative estimate of drug-likeness (QED) is 0.638. The van der Waals surface area contributed by atoms with E-state index in [-0.39, 0.29) is 0 Å². The van der Waals surface area contributed by atoms with E-state index in [4.69, 9.17) is 4.43 Å². The Morgan fingerprint density at radius 3 is 2.50 bits per heavy atom. The summed E-state index contributed by atoms with van der Waals surface area (Å²) in [4.78, 5) is 2.50. The van der Waals surface area contributed by atoms with E-state index in [0.717, 1.165) is 19.7 Å². The fraction of sp³-hybridized carbons (Fsp3) is 1.00. The molecule has 1 atom stereocenters. The van der Waals surface area contributed by atoms with Crippen molar-refractivity contribution in [3.8, 4) is 0 Å². The van der Waals surface area contributed by atoms with E-state index in [0.29, 0.717) is 0 Å². The van der Waals surface area contributed by atoms with Gasteiger partial charge in [0.15, 0.2) is 0 Å². The molecule has 1 rings (SSSR count). The van der Waals surface area contributed by atoms with Crippen LogP contribution in [0.4, 0.5) is 0 Å². The topological polar surface area (TPSA) is 15.7 Å². The summed E-state index contributed by atoms with van der Waals surface area (Å²) >= 11 is 0. The molecule has 0 N–H and O–H groups in total. The summed E-state index contributed by atoms with van der Waals surface area (Å²) in [7, 11) is -1.50. The Balaban J connectivity index is 2.40. The molecule has 1 heterocycles. The second-order valence-electron chi connectivity index (χ2n) is 4.73. The first-order valence-corrected chi connectivity index (χ1v) is 9.33. The van der Waals surface area contributed by atoms with Gasteiger partial charge >= 0.3 is 0 Å². The molecular formula is C12H28N2OSi. The lowest BCUT2D eigenvalue weighted by Gasteiger charge is -2.33. The third-order valence-electron chi connectivity index (χ3n) is 3.77. The molecule has 1 aliphatic heterocycles. The van der Waals surface area contributed by atoms with Crippen molar-refractivity contribution in [3.63, 3.8) is 0 Å². The van der Waals surface area contributed by atoms with Gasteiger partial charge in [-0.1, -0.05) is 13.8 Å². The van der Waals surface area contributed by atoms with Crippen molar-refractivity contribution in [1.29, 1.82) is 0 Å². The van der Waals surface area contributed by atoms with E-state index in [1.807, 2.05) is 0 Å². The third kappa shape index (κ3) is 3.55. The Morgan fingerprint density at radius 2 is 1.94 bits per heavy atom. The molecule has 16 heavy (non-hydrogen) atoms. The van der Waals surface area contributed by atoms with Crippen LogP contribution in [-0.4, -0.2) is 57.3 Å². The molecule has 0 bridgehead atoms. The SMILES string of the molecule is CCO[Si]1(C)CCCN1CCN(CC)CC. The highest BCUT2D eigenvalue weighted by molar-refractivity contribution is 6.70. The van der Waals surface area contributed by atoms with Crippen molar-refractivity contribution in [2.45, 2.75) is 39.8 Å². The van der Waals surface area contributed by atoms with E-state index in [1.54, 1.807) is 0 Å². The molecule has 0 saturated carbocycles. The van der Waals surface area contributed by atoms with Crippen LogP contribution >= 0.6 is 0 Å². The molecular weight excluding hydrogens is 216 g/mol. The highest BCUT2D eigenvalue weighted by Crippen LogP contribution is 2.26. The van der Waals surface area contributed by atoms with Crippen LogP contribution in [0.2, 0.25) is 12.6 Å². The van der Waals surface area contributed by atoms with Gasteiger partial charge < -0.3 is 13.9 Å². The largest absolute Gasteiger partial charge is 0.403 e. The van der Waals surface area contributed by atoms with Gasteiger partial charge in [0.1, 0.15) is 0 Å². The Bertz CT molecular complexity index is 199. The molecule has 96 valence electrons. The Morgan fingerprint density at radius 1 is 1.25 bits per heavy atom. The summed E-state index contributed by atoms with van der Waals surface area (Å²) in [6.45, 7) is 15.8. The number of nitrogens with zero attached hydrogens (tertiary/aromatic N) is 2. The fourth-order valence-electron chi connectivity index (χ4n) is 2.62. The average molecular weight is 244 g/mol.